The minimum Gasteiger partial charge on any atom is -0.854 e. The molecule has 33 heavy (non-hydrogen) atoms. The third-order valence-electron chi connectivity index (χ3n) is 6.50. The predicted octanol–water partition coefficient (Wildman–Crippen LogP) is 8.50. The molecule has 0 unspecified atom stereocenters. The first-order chi connectivity index (χ1) is 15.8. The van der Waals surface area contributed by atoms with Crippen molar-refractivity contribution in [1.29, 1.82) is 0 Å². The Balaban J connectivity index is -0.000000529. The normalized spacial score (nSPS) is 10.5. The maximum atomic E-state index is 10.2. The Morgan fingerprint density at radius 2 is 0.424 bits per heavy atom. The fourth-order valence-corrected chi connectivity index (χ4v) is 4.24. The molecule has 0 fully saturated rings. The SMILES string of the molecule is CCCCCCCCCCCCCCC[O-].CCCCCCCCCCCCCCC[O-].[Ca+2]. The van der Waals surface area contributed by atoms with Gasteiger partial charge in [0.1, 0.15) is 0 Å². The average Bonchev–Trinajstić information content (AvgIpc) is 2.81. The van der Waals surface area contributed by atoms with Gasteiger partial charge in [0, 0.05) is 0 Å². The van der Waals surface area contributed by atoms with E-state index in [2.05, 4.69) is 13.8 Å². The van der Waals surface area contributed by atoms with Gasteiger partial charge in [-0.05, 0) is 0 Å². The molecule has 0 saturated heterocycles. The Kier molecular flexibility index (Phi) is 47.3. The second-order valence-corrected chi connectivity index (χ2v) is 9.89. The molecule has 0 rings (SSSR count). The fourth-order valence-electron chi connectivity index (χ4n) is 4.24. The van der Waals surface area contributed by atoms with E-state index in [9.17, 15) is 10.2 Å². The minimum absolute atomic E-state index is 0. The Labute approximate surface area is 240 Å². The van der Waals surface area contributed by atoms with Crippen molar-refractivity contribution in [3.05, 3.63) is 0 Å². The van der Waals surface area contributed by atoms with E-state index < -0.39 is 0 Å². The molecular formula is C30H62CaO2. The summed E-state index contributed by atoms with van der Waals surface area (Å²) in [6.07, 6.45) is 34.8. The van der Waals surface area contributed by atoms with Crippen molar-refractivity contribution in [2.75, 3.05) is 13.2 Å². The van der Waals surface area contributed by atoms with Gasteiger partial charge in [-0.3, -0.25) is 0 Å². The number of rotatable bonds is 26. The zero-order chi connectivity index (χ0) is 23.8. The molecule has 0 aromatic rings. The second-order valence-electron chi connectivity index (χ2n) is 9.89. The Morgan fingerprint density at radius 3 is 0.576 bits per heavy atom. The van der Waals surface area contributed by atoms with E-state index in [1.807, 2.05) is 0 Å². The largest absolute Gasteiger partial charge is 2.00 e. The molecule has 0 heterocycles. The molecule has 196 valence electrons. The first kappa shape index (κ1) is 38.7. The van der Waals surface area contributed by atoms with Gasteiger partial charge in [0.25, 0.3) is 0 Å². The van der Waals surface area contributed by atoms with Gasteiger partial charge in [-0.15, -0.1) is 13.2 Å². The molecule has 0 aliphatic rings. The molecule has 2 nitrogen and oxygen atoms in total. The second kappa shape index (κ2) is 40.4. The summed E-state index contributed by atoms with van der Waals surface area (Å²) >= 11 is 0. The maximum Gasteiger partial charge on any atom is 2.00 e. The van der Waals surface area contributed by atoms with Crippen LogP contribution in [0.5, 0.6) is 0 Å². The van der Waals surface area contributed by atoms with Crippen LogP contribution in [0, 0.1) is 0 Å². The van der Waals surface area contributed by atoms with Crippen LogP contribution in [0.25, 0.3) is 0 Å². The van der Waals surface area contributed by atoms with E-state index in [1.165, 1.54) is 141 Å². The molecule has 0 aromatic carbocycles. The molecule has 0 radical (unpaired) electrons. The van der Waals surface area contributed by atoms with Gasteiger partial charge in [-0.1, -0.05) is 181 Å². The summed E-state index contributed by atoms with van der Waals surface area (Å²) in [4.78, 5) is 0. The van der Waals surface area contributed by atoms with Crippen LogP contribution >= 0.6 is 0 Å². The van der Waals surface area contributed by atoms with Crippen molar-refractivity contribution >= 4 is 37.7 Å². The van der Waals surface area contributed by atoms with Crippen molar-refractivity contribution in [3.8, 4) is 0 Å². The van der Waals surface area contributed by atoms with Crippen LogP contribution in [0.3, 0.4) is 0 Å². The van der Waals surface area contributed by atoms with Crippen molar-refractivity contribution in [2.45, 2.75) is 181 Å². The summed E-state index contributed by atoms with van der Waals surface area (Å²) in [5, 5.41) is 20.4. The van der Waals surface area contributed by atoms with E-state index in [0.717, 1.165) is 25.7 Å². The third-order valence-corrected chi connectivity index (χ3v) is 6.50. The monoisotopic (exact) mass is 494 g/mol. The summed E-state index contributed by atoms with van der Waals surface area (Å²) in [5.74, 6) is 0. The van der Waals surface area contributed by atoms with Gasteiger partial charge < -0.3 is 10.2 Å². The quantitative estimate of drug-likeness (QED) is 0.0893. The zero-order valence-electron chi connectivity index (χ0n) is 23.3. The van der Waals surface area contributed by atoms with Crippen LogP contribution in [0.1, 0.15) is 181 Å². The van der Waals surface area contributed by atoms with Crippen LogP contribution in [0.4, 0.5) is 0 Å². The molecule has 0 aromatic heterocycles. The van der Waals surface area contributed by atoms with Crippen LogP contribution in [-0.4, -0.2) is 51.0 Å². The molecule has 0 bridgehead atoms. The fraction of sp³-hybridized carbons (Fsp3) is 1.00. The van der Waals surface area contributed by atoms with E-state index >= 15 is 0 Å². The molecule has 0 amide bonds. The summed E-state index contributed by atoms with van der Waals surface area (Å²) < 4.78 is 0. The van der Waals surface area contributed by atoms with Gasteiger partial charge >= 0.3 is 37.7 Å². The zero-order valence-corrected chi connectivity index (χ0v) is 25.5. The van der Waals surface area contributed by atoms with Crippen molar-refractivity contribution in [1.82, 2.24) is 0 Å². The maximum absolute atomic E-state index is 10.2. The van der Waals surface area contributed by atoms with Crippen molar-refractivity contribution in [3.63, 3.8) is 0 Å². The average molecular weight is 495 g/mol. The Bertz CT molecular complexity index is 230. The van der Waals surface area contributed by atoms with Crippen LogP contribution in [-0.2, 0) is 0 Å². The van der Waals surface area contributed by atoms with E-state index in [-0.39, 0.29) is 51.0 Å². The smallest absolute Gasteiger partial charge is 0.854 e. The molecular weight excluding hydrogens is 432 g/mol. The first-order valence-electron chi connectivity index (χ1n) is 15.0. The van der Waals surface area contributed by atoms with Crippen LogP contribution in [0.15, 0.2) is 0 Å². The number of unbranched alkanes of at least 4 members (excludes halogenated alkanes) is 24. The van der Waals surface area contributed by atoms with Crippen LogP contribution < -0.4 is 10.2 Å². The summed E-state index contributed by atoms with van der Waals surface area (Å²) in [6.45, 7) is 4.79. The first-order valence-corrected chi connectivity index (χ1v) is 15.0. The molecule has 0 aliphatic carbocycles. The molecule has 0 N–H and O–H groups in total. The van der Waals surface area contributed by atoms with Crippen molar-refractivity contribution in [2.24, 2.45) is 0 Å². The van der Waals surface area contributed by atoms with E-state index in [1.54, 1.807) is 0 Å². The molecule has 0 atom stereocenters. The minimum atomic E-state index is 0. The predicted molar refractivity (Wildman–Crippen MR) is 147 cm³/mol. The standard InChI is InChI=1S/2C15H31O.Ca/c2*1-2-3-4-5-6-7-8-9-10-11-12-13-14-15-16;/h2*2-15H2,1H3;/q2*-1;+2. The molecule has 0 aliphatic heterocycles. The Morgan fingerprint density at radius 1 is 0.273 bits per heavy atom. The molecule has 0 saturated carbocycles. The topological polar surface area (TPSA) is 46.1 Å². The van der Waals surface area contributed by atoms with Gasteiger partial charge in [0.15, 0.2) is 0 Å². The number of hydrogen-bond acceptors (Lipinski definition) is 2. The third kappa shape index (κ3) is 43.7. The van der Waals surface area contributed by atoms with Gasteiger partial charge in [-0.25, -0.2) is 0 Å². The summed E-state index contributed by atoms with van der Waals surface area (Å²) in [5.41, 5.74) is 0. The van der Waals surface area contributed by atoms with E-state index in [4.69, 9.17) is 0 Å². The van der Waals surface area contributed by atoms with Crippen molar-refractivity contribution < 1.29 is 10.2 Å². The van der Waals surface area contributed by atoms with Crippen LogP contribution in [0.2, 0.25) is 0 Å². The molecule has 0 spiro atoms. The summed E-state index contributed by atoms with van der Waals surface area (Å²) in [7, 11) is 0. The van der Waals surface area contributed by atoms with Gasteiger partial charge in [0.2, 0.25) is 0 Å². The van der Waals surface area contributed by atoms with E-state index in [0.29, 0.717) is 0 Å². The molecule has 3 heteroatoms. The van der Waals surface area contributed by atoms with Gasteiger partial charge in [0.05, 0.1) is 0 Å². The Hall–Kier alpha value is 1.18. The van der Waals surface area contributed by atoms with Gasteiger partial charge in [-0.2, -0.15) is 0 Å². The summed E-state index contributed by atoms with van der Waals surface area (Å²) in [6, 6.07) is 0. The number of hydrogen-bond donors (Lipinski definition) is 0.